The third-order valence-corrected chi connectivity index (χ3v) is 6.41. The Bertz CT molecular complexity index is 1600. The number of anilines is 1. The Hall–Kier alpha value is -3.87. The normalized spacial score (nSPS) is 12.8. The average molecular weight is 491 g/mol. The monoisotopic (exact) mass is 490 g/mol. The summed E-state index contributed by atoms with van der Waals surface area (Å²) in [5.41, 5.74) is 1.43. The molecule has 0 fully saturated rings. The van der Waals surface area contributed by atoms with Crippen LogP contribution >= 0.6 is 23.2 Å². The number of ketones is 1. The first kappa shape index (κ1) is 21.9. The van der Waals surface area contributed by atoms with E-state index in [1.54, 1.807) is 65.2 Å². The fourth-order valence-electron chi connectivity index (χ4n) is 4.12. The number of fused-ring (bicyclic) bond motifs is 2. The third-order valence-electron chi connectivity index (χ3n) is 5.67. The minimum Gasteiger partial charge on any atom is -0.506 e. The number of hydrogen-bond donors (Lipinski definition) is 2. The molecule has 0 radical (unpaired) electrons. The van der Waals surface area contributed by atoms with Crippen molar-refractivity contribution in [1.29, 1.82) is 0 Å². The van der Waals surface area contributed by atoms with Crippen molar-refractivity contribution >= 4 is 62.8 Å². The maximum absolute atomic E-state index is 13.2. The first-order valence-corrected chi connectivity index (χ1v) is 11.1. The molecule has 3 aromatic carbocycles. The van der Waals surface area contributed by atoms with E-state index in [-0.39, 0.29) is 29.0 Å². The van der Waals surface area contributed by atoms with E-state index in [0.29, 0.717) is 37.8 Å². The predicted molar refractivity (Wildman–Crippen MR) is 134 cm³/mol. The van der Waals surface area contributed by atoms with Gasteiger partial charge in [-0.3, -0.25) is 14.4 Å². The molecule has 1 aliphatic carbocycles. The third kappa shape index (κ3) is 3.67. The molecule has 34 heavy (non-hydrogen) atoms. The van der Waals surface area contributed by atoms with Gasteiger partial charge in [0.1, 0.15) is 12.3 Å². The molecule has 6 nitrogen and oxygen atoms in total. The lowest BCUT2D eigenvalue weighted by Gasteiger charge is -2.17. The van der Waals surface area contributed by atoms with E-state index in [1.165, 1.54) is 12.1 Å². The zero-order valence-corrected chi connectivity index (χ0v) is 19.0. The first-order valence-electron chi connectivity index (χ1n) is 10.3. The predicted octanol–water partition coefficient (Wildman–Crippen LogP) is 5.57. The Labute approximate surface area is 203 Å². The second kappa shape index (κ2) is 8.48. The van der Waals surface area contributed by atoms with Crippen LogP contribution in [0.5, 0.6) is 0 Å². The topological polar surface area (TPSA) is 88.4 Å². The van der Waals surface area contributed by atoms with E-state index in [1.807, 2.05) is 0 Å². The zero-order chi connectivity index (χ0) is 24.0. The first-order chi connectivity index (χ1) is 16.3. The van der Waals surface area contributed by atoms with Crippen LogP contribution in [-0.2, 0) is 11.3 Å². The van der Waals surface area contributed by atoms with E-state index >= 15 is 0 Å². The minimum absolute atomic E-state index is 0.0219. The summed E-state index contributed by atoms with van der Waals surface area (Å²) < 4.78 is 1.55. The molecule has 0 atom stereocenters. The van der Waals surface area contributed by atoms with Gasteiger partial charge in [0.25, 0.3) is 0 Å². The number of carbonyl (C=O) groups is 2. The Morgan fingerprint density at radius 3 is 2.32 bits per heavy atom. The molecule has 1 aromatic heterocycles. The highest BCUT2D eigenvalue weighted by molar-refractivity contribution is 6.42. The van der Waals surface area contributed by atoms with Gasteiger partial charge in [-0.2, -0.15) is 0 Å². The van der Waals surface area contributed by atoms with Crippen LogP contribution < -0.4 is 10.7 Å². The highest BCUT2D eigenvalue weighted by Crippen LogP contribution is 2.37. The summed E-state index contributed by atoms with van der Waals surface area (Å²) in [7, 11) is 0. The van der Waals surface area contributed by atoms with Gasteiger partial charge in [0, 0.05) is 28.3 Å². The van der Waals surface area contributed by atoms with Crippen LogP contribution in [-0.4, -0.2) is 21.4 Å². The number of hydrogen-bond acceptors (Lipinski definition) is 4. The number of aliphatic hydroxyl groups is 1. The molecule has 0 bridgehead atoms. The Morgan fingerprint density at radius 1 is 0.882 bits per heavy atom. The van der Waals surface area contributed by atoms with Crippen molar-refractivity contribution in [2.45, 2.75) is 6.54 Å². The molecule has 0 aliphatic heterocycles. The molecular weight excluding hydrogens is 475 g/mol. The van der Waals surface area contributed by atoms with Crippen LogP contribution in [0.2, 0.25) is 10.0 Å². The summed E-state index contributed by atoms with van der Waals surface area (Å²) in [5.74, 6) is -1.06. The van der Waals surface area contributed by atoms with E-state index in [2.05, 4.69) is 5.32 Å². The molecule has 8 heteroatoms. The van der Waals surface area contributed by atoms with Gasteiger partial charge in [-0.1, -0.05) is 59.6 Å². The number of nitrogens with one attached hydrogen (secondary N) is 1. The number of carbonyl (C=O) groups excluding carboxylic acids is 2. The van der Waals surface area contributed by atoms with Crippen LogP contribution in [0.25, 0.3) is 22.2 Å². The maximum Gasteiger partial charge on any atom is 0.244 e. The zero-order valence-electron chi connectivity index (χ0n) is 17.5. The summed E-state index contributed by atoms with van der Waals surface area (Å²) in [6.45, 7) is -0.225. The number of aromatic nitrogens is 1. The fraction of sp³-hybridized carbons (Fsp3) is 0.0385. The Morgan fingerprint density at radius 2 is 1.59 bits per heavy atom. The van der Waals surface area contributed by atoms with Crippen LogP contribution in [0, 0.1) is 0 Å². The molecule has 0 unspecified atom stereocenters. The average Bonchev–Trinajstić information content (AvgIpc) is 3.08. The number of benzene rings is 3. The van der Waals surface area contributed by atoms with Crippen molar-refractivity contribution in [1.82, 2.24) is 4.57 Å². The van der Waals surface area contributed by atoms with Crippen molar-refractivity contribution < 1.29 is 14.7 Å². The number of Topliss-reactive ketones (excluding diaryl/α,β-unsaturated/α-hetero) is 1. The SMILES string of the molecule is O=C(Cn1c(C2=C(O)c3ccccc3C2=O)cc(=O)c2ccccc21)Nc1ccc(Cl)c(Cl)c1. The highest BCUT2D eigenvalue weighted by atomic mass is 35.5. The van der Waals surface area contributed by atoms with Gasteiger partial charge in [0.15, 0.2) is 11.2 Å². The Balaban J connectivity index is 1.63. The summed E-state index contributed by atoms with van der Waals surface area (Å²) >= 11 is 12.0. The molecule has 0 spiro atoms. The van der Waals surface area contributed by atoms with Gasteiger partial charge in [0.2, 0.25) is 5.91 Å². The molecular formula is C26H16Cl2N2O4. The van der Waals surface area contributed by atoms with E-state index in [9.17, 15) is 19.5 Å². The van der Waals surface area contributed by atoms with Crippen molar-refractivity contribution in [2.75, 3.05) is 5.32 Å². The number of allylic oxidation sites excluding steroid dienone is 1. The molecule has 1 aliphatic rings. The lowest BCUT2D eigenvalue weighted by atomic mass is 10.0. The van der Waals surface area contributed by atoms with Crippen LogP contribution in [0.15, 0.2) is 77.6 Å². The number of pyridine rings is 1. The molecule has 168 valence electrons. The summed E-state index contributed by atoms with van der Waals surface area (Å²) in [4.78, 5) is 39.1. The van der Waals surface area contributed by atoms with Crippen molar-refractivity contribution in [3.05, 3.63) is 110 Å². The van der Waals surface area contributed by atoms with E-state index in [0.717, 1.165) is 0 Å². The molecule has 1 amide bonds. The quantitative estimate of drug-likeness (QED) is 0.391. The van der Waals surface area contributed by atoms with E-state index < -0.39 is 11.7 Å². The summed E-state index contributed by atoms with van der Waals surface area (Å²) in [6, 6.07) is 19.4. The van der Waals surface area contributed by atoms with Crippen LogP contribution in [0.3, 0.4) is 0 Å². The molecule has 2 N–H and O–H groups in total. The minimum atomic E-state index is -0.420. The fourth-order valence-corrected chi connectivity index (χ4v) is 4.42. The second-order valence-corrected chi connectivity index (χ2v) is 8.59. The van der Waals surface area contributed by atoms with Gasteiger partial charge in [-0.25, -0.2) is 0 Å². The van der Waals surface area contributed by atoms with Crippen molar-refractivity contribution in [3.63, 3.8) is 0 Å². The molecule has 0 saturated carbocycles. The summed E-state index contributed by atoms with van der Waals surface area (Å²) in [5, 5.41) is 14.7. The smallest absolute Gasteiger partial charge is 0.244 e. The molecule has 4 aromatic rings. The number of para-hydroxylation sites is 1. The van der Waals surface area contributed by atoms with Crippen molar-refractivity contribution in [3.8, 4) is 0 Å². The second-order valence-electron chi connectivity index (χ2n) is 7.77. The molecule has 1 heterocycles. The van der Waals surface area contributed by atoms with Gasteiger partial charge < -0.3 is 15.0 Å². The maximum atomic E-state index is 13.2. The van der Waals surface area contributed by atoms with Crippen LogP contribution in [0.1, 0.15) is 21.6 Å². The molecule has 0 saturated heterocycles. The standard InChI is InChI=1S/C26H16Cl2N2O4/c27-18-10-9-14(11-19(18)28)29-23(32)13-30-20-8-4-3-7-17(20)22(31)12-21(30)24-25(33)15-5-1-2-6-16(15)26(24)34/h1-12,33H,13H2,(H,29,32). The lowest BCUT2D eigenvalue weighted by molar-refractivity contribution is -0.116. The number of halogens is 2. The number of rotatable bonds is 4. The van der Waals surface area contributed by atoms with Crippen molar-refractivity contribution in [2.24, 2.45) is 0 Å². The lowest BCUT2D eigenvalue weighted by Crippen LogP contribution is -2.24. The molecule has 5 rings (SSSR count). The Kier molecular flexibility index (Phi) is 5.48. The number of amides is 1. The van der Waals surface area contributed by atoms with Crippen LogP contribution in [0.4, 0.5) is 5.69 Å². The number of nitrogens with zero attached hydrogens (tertiary/aromatic N) is 1. The largest absolute Gasteiger partial charge is 0.506 e. The van der Waals surface area contributed by atoms with Gasteiger partial charge in [-0.15, -0.1) is 0 Å². The highest BCUT2D eigenvalue weighted by Gasteiger charge is 2.32. The number of aliphatic hydroxyl groups excluding tert-OH is 1. The summed E-state index contributed by atoms with van der Waals surface area (Å²) in [6.07, 6.45) is 0. The van der Waals surface area contributed by atoms with E-state index in [4.69, 9.17) is 23.2 Å². The van der Waals surface area contributed by atoms with Gasteiger partial charge >= 0.3 is 0 Å². The van der Waals surface area contributed by atoms with Gasteiger partial charge in [-0.05, 0) is 30.3 Å². The van der Waals surface area contributed by atoms with Gasteiger partial charge in [0.05, 0.1) is 26.8 Å².